The summed E-state index contributed by atoms with van der Waals surface area (Å²) in [5.74, 6) is 0. The molecule has 0 atom stereocenters. The first-order chi connectivity index (χ1) is 1.41. The van der Waals surface area contributed by atoms with Gasteiger partial charge in [-0.25, -0.2) is 0 Å². The predicted molar refractivity (Wildman–Crippen MR) is 21.9 cm³/mol. The minimum atomic E-state index is 0. The van der Waals surface area contributed by atoms with Gasteiger partial charge < -0.3 is 5.32 Å². The second-order valence-electron chi connectivity index (χ2n) is 0.447. The van der Waals surface area contributed by atoms with E-state index >= 15 is 0 Å². The van der Waals surface area contributed by atoms with Crippen molar-refractivity contribution in [2.24, 2.45) is 0 Å². The summed E-state index contributed by atoms with van der Waals surface area (Å²) in [5.41, 5.74) is 0. The molecule has 0 rings (SSSR count). The van der Waals surface area contributed by atoms with Crippen molar-refractivity contribution in [2.75, 3.05) is 14.1 Å². The Balaban J connectivity index is -0.00000000667. The summed E-state index contributed by atoms with van der Waals surface area (Å²) in [6.45, 7) is 0. The molecule has 0 aliphatic carbocycles. The van der Waals surface area contributed by atoms with E-state index in [1.165, 1.54) is 0 Å². The van der Waals surface area contributed by atoms with Crippen LogP contribution in [-0.2, 0) is 19.5 Å². The van der Waals surface area contributed by atoms with E-state index < -0.39 is 0 Å². The van der Waals surface area contributed by atoms with Crippen LogP contribution in [0.2, 0.25) is 0 Å². The summed E-state index contributed by atoms with van der Waals surface area (Å²) < 4.78 is 0. The van der Waals surface area contributed by atoms with Gasteiger partial charge in [-0.1, -0.05) is 7.43 Å². The minimum Gasteiger partial charge on any atom is -0.668 e. The second-order valence-corrected chi connectivity index (χ2v) is 0.447. The topological polar surface area (TPSA) is 14.1 Å². The molecule has 0 aromatic heterocycles. The predicted octanol–water partition coefficient (Wildman–Crippen LogP) is 1.25. The molecule has 0 heterocycles. The van der Waals surface area contributed by atoms with E-state index in [1.54, 1.807) is 14.1 Å². The molecule has 0 N–H and O–H groups in total. The van der Waals surface area contributed by atoms with Gasteiger partial charge in [-0.05, 0) is 0 Å². The fourth-order valence-corrected chi connectivity index (χ4v) is 0. The van der Waals surface area contributed by atoms with Crippen molar-refractivity contribution >= 4 is 0 Å². The number of nitrogens with zero attached hydrogens (tertiary/aromatic N) is 1. The molecule has 0 unspecified atom stereocenters. The van der Waals surface area contributed by atoms with Crippen LogP contribution < -0.4 is 0 Å². The number of hydrogen-bond donors (Lipinski definition) is 0. The molecule has 6 heavy (non-hydrogen) atoms. The largest absolute Gasteiger partial charge is 0.668 e. The van der Waals surface area contributed by atoms with E-state index in [9.17, 15) is 0 Å². The molecule has 1 radical (unpaired) electrons. The molecule has 1 nitrogen and oxygen atoms in total. The SMILES string of the molecule is C.C[N-]C.[Rf].[Rh]. The van der Waals surface area contributed by atoms with E-state index in [-0.39, 0.29) is 26.9 Å². The Bertz CT molecular complexity index is 10.8. The zero-order valence-electron chi connectivity index (χ0n) is 3.49. The van der Waals surface area contributed by atoms with E-state index in [1.807, 2.05) is 0 Å². The van der Waals surface area contributed by atoms with Crippen molar-refractivity contribution in [1.82, 2.24) is 0 Å². The molecule has 0 aliphatic heterocycles. The third-order valence-corrected chi connectivity index (χ3v) is 0. The number of rotatable bonds is 0. The van der Waals surface area contributed by atoms with Gasteiger partial charge in [0.25, 0.3) is 0 Å². The van der Waals surface area contributed by atoms with Gasteiger partial charge in [0.05, 0.1) is 0 Å². The maximum absolute atomic E-state index is 3.50. The molecule has 0 aromatic rings. The van der Waals surface area contributed by atoms with Gasteiger partial charge in [-0.2, -0.15) is 14.1 Å². The van der Waals surface area contributed by atoms with Gasteiger partial charge in [-0.15, -0.1) is 0 Å². The summed E-state index contributed by atoms with van der Waals surface area (Å²) in [7, 11) is 3.50. The van der Waals surface area contributed by atoms with Crippen LogP contribution in [0.25, 0.3) is 5.32 Å². The van der Waals surface area contributed by atoms with Crippen molar-refractivity contribution in [3.63, 3.8) is 0 Å². The first-order valence-corrected chi connectivity index (χ1v) is 0.894. The van der Waals surface area contributed by atoms with E-state index in [0.29, 0.717) is 0 Å². The van der Waals surface area contributed by atoms with Gasteiger partial charge in [0, 0.05) is 19.5 Å². The van der Waals surface area contributed by atoms with E-state index in [2.05, 4.69) is 5.32 Å². The van der Waals surface area contributed by atoms with Crippen LogP contribution in [0, 0.1) is 0 Å². The minimum absolute atomic E-state index is 0. The zero-order chi connectivity index (χ0) is 2.71. The zero-order valence-corrected chi connectivity index (χ0v) is 11.5. The Hall–Kier alpha value is -0.417. The van der Waals surface area contributed by atoms with E-state index in [0.717, 1.165) is 0 Å². The van der Waals surface area contributed by atoms with Gasteiger partial charge in [-0.3, -0.25) is 0 Å². The van der Waals surface area contributed by atoms with Crippen molar-refractivity contribution < 1.29 is 19.5 Å². The van der Waals surface area contributed by atoms with Crippen LogP contribution >= 0.6 is 0 Å². The van der Waals surface area contributed by atoms with E-state index in [4.69, 9.17) is 0 Å². The van der Waals surface area contributed by atoms with Crippen molar-refractivity contribution in [1.29, 1.82) is 0 Å². The maximum Gasteiger partial charge on any atom is 0 e. The maximum atomic E-state index is 3.50. The normalized spacial score (nSPS) is 3.00. The molecule has 0 saturated carbocycles. The van der Waals surface area contributed by atoms with Crippen LogP contribution in [0.3, 0.4) is 0 Å². The Kier molecular flexibility index (Phi) is 1350. The average molecular weight is 430 g/mol. The summed E-state index contributed by atoms with van der Waals surface area (Å²) in [6, 6.07) is 0. The van der Waals surface area contributed by atoms with Crippen LogP contribution in [0.4, 0.5) is 0 Å². The third kappa shape index (κ3) is 138. The molecule has 39 valence electrons. The third-order valence-electron chi connectivity index (χ3n) is 0. The fourth-order valence-electron chi connectivity index (χ4n) is 0. The Morgan fingerprint density at radius 2 is 1.17 bits per heavy atom. The average Bonchev–Trinajstić information content (AvgIpc) is 0.918. The second kappa shape index (κ2) is 173. The van der Waals surface area contributed by atoms with Crippen LogP contribution in [0.1, 0.15) is 7.43 Å². The molecule has 0 aliphatic rings. The van der Waals surface area contributed by atoms with Crippen molar-refractivity contribution in [3.8, 4) is 0 Å². The molecule has 0 spiro atoms. The molecule has 0 fully saturated rings. The Morgan fingerprint density at radius 3 is 1.17 bits per heavy atom. The molecule has 0 bridgehead atoms. The molecule has 0 amide bonds. The molecular weight excluding hydrogens is 420 g/mol. The Morgan fingerprint density at radius 1 is 1.17 bits per heavy atom. The standard InChI is InChI=1S/C2H6N.CH4.Rf.Rh/c1-3-2;;;/h1-2H3;1H4;;/q-1;;;. The smallest absolute Gasteiger partial charge is 0 e. The van der Waals surface area contributed by atoms with Gasteiger partial charge in [0.15, 0.2) is 0 Å². The fraction of sp³-hybridized carbons (Fsp3) is 1.00. The van der Waals surface area contributed by atoms with Crippen LogP contribution in [-0.4, -0.2) is 14.1 Å². The molecular formula is C3H10NRfRh-. The first kappa shape index (κ1) is 46.8. The van der Waals surface area contributed by atoms with Crippen molar-refractivity contribution in [2.45, 2.75) is 7.43 Å². The summed E-state index contributed by atoms with van der Waals surface area (Å²) in [5, 5.41) is 3.50. The summed E-state index contributed by atoms with van der Waals surface area (Å²) in [4.78, 5) is 0. The molecule has 0 aromatic carbocycles. The first-order valence-electron chi connectivity index (χ1n) is 0.894. The van der Waals surface area contributed by atoms with Crippen LogP contribution in [0.15, 0.2) is 0 Å². The van der Waals surface area contributed by atoms with Gasteiger partial charge in [0.2, 0.25) is 0 Å². The monoisotopic (exact) mass is 430 g/mol. The quantitative estimate of drug-likeness (QED) is 0.515. The van der Waals surface area contributed by atoms with Gasteiger partial charge >= 0.3 is 0 Å². The number of hydrogen-bond acceptors (Lipinski definition) is 0. The molecule has 0 saturated heterocycles. The summed E-state index contributed by atoms with van der Waals surface area (Å²) >= 11 is 0. The van der Waals surface area contributed by atoms with Crippen LogP contribution in [0.5, 0.6) is 0 Å². The van der Waals surface area contributed by atoms with Crippen molar-refractivity contribution in [3.05, 3.63) is 5.32 Å². The molecule has 3 heteroatoms. The summed E-state index contributed by atoms with van der Waals surface area (Å²) in [6.07, 6.45) is 0. The van der Waals surface area contributed by atoms with Gasteiger partial charge in [0.1, 0.15) is 0 Å². The Labute approximate surface area is 46.9 Å².